The zero-order valence-corrected chi connectivity index (χ0v) is 14.2. The summed E-state index contributed by atoms with van der Waals surface area (Å²) in [5, 5.41) is 0. The lowest BCUT2D eigenvalue weighted by Gasteiger charge is -2.19. The van der Waals surface area contributed by atoms with Gasteiger partial charge in [0.15, 0.2) is 0 Å². The van der Waals surface area contributed by atoms with Gasteiger partial charge in [0, 0.05) is 0 Å². The van der Waals surface area contributed by atoms with E-state index in [4.69, 9.17) is 0 Å². The molecule has 2 unspecified atom stereocenters. The lowest BCUT2D eigenvalue weighted by atomic mass is 9.84. The number of hydrogen-bond acceptors (Lipinski definition) is 0. The molecule has 110 valence electrons. The Morgan fingerprint density at radius 3 is 2.45 bits per heavy atom. The molecule has 0 saturated heterocycles. The topological polar surface area (TPSA) is 0 Å². The van der Waals surface area contributed by atoms with Gasteiger partial charge in [0.05, 0.1) is 5.41 Å². The summed E-state index contributed by atoms with van der Waals surface area (Å²) in [4.78, 5) is 0. The van der Waals surface area contributed by atoms with E-state index in [9.17, 15) is 0 Å². The molecular weight excluding hydrogens is 240 g/mol. The Labute approximate surface area is 125 Å². The maximum atomic E-state index is 4.29. The molecule has 0 fully saturated rings. The number of hydrogen-bond donors (Lipinski definition) is 0. The van der Waals surface area contributed by atoms with E-state index < -0.39 is 0 Å². The summed E-state index contributed by atoms with van der Waals surface area (Å²) < 4.78 is 0. The second-order valence-corrected chi connectivity index (χ2v) is 6.99. The second kappa shape index (κ2) is 5.39. The van der Waals surface area contributed by atoms with Gasteiger partial charge in [0.1, 0.15) is 0 Å². The van der Waals surface area contributed by atoms with Crippen LogP contribution in [0.25, 0.3) is 0 Å². The summed E-state index contributed by atoms with van der Waals surface area (Å²) in [5.74, 6) is 0.806. The van der Waals surface area contributed by atoms with Gasteiger partial charge in [-0.3, -0.25) is 0 Å². The van der Waals surface area contributed by atoms with Crippen LogP contribution in [0.4, 0.5) is 0 Å². The zero-order chi connectivity index (χ0) is 15.1. The lowest BCUT2D eigenvalue weighted by Crippen LogP contribution is -2.08. The standard InChI is InChI=1S/C20H30/c1-8-9-18-10-14(4)16(6)15(5)12-20(13(2)3)17(7)19(20)11-18/h12,18H,2,8-11H2,1,3-7H3. The third-order valence-corrected chi connectivity index (χ3v) is 5.58. The Kier molecular flexibility index (Phi) is 4.14. The Balaban J connectivity index is 2.45. The van der Waals surface area contributed by atoms with Crippen LogP contribution in [0.2, 0.25) is 0 Å². The van der Waals surface area contributed by atoms with Gasteiger partial charge in [-0.2, -0.15) is 0 Å². The molecule has 2 rings (SSSR count). The molecule has 20 heavy (non-hydrogen) atoms. The Hall–Kier alpha value is -1.04. The van der Waals surface area contributed by atoms with Gasteiger partial charge < -0.3 is 0 Å². The molecule has 0 nitrogen and oxygen atoms in total. The summed E-state index contributed by atoms with van der Waals surface area (Å²) >= 11 is 0. The van der Waals surface area contributed by atoms with Crippen LogP contribution in [-0.2, 0) is 0 Å². The van der Waals surface area contributed by atoms with Crippen LogP contribution in [0.1, 0.15) is 67.2 Å². The molecule has 0 aromatic rings. The summed E-state index contributed by atoms with van der Waals surface area (Å²) in [6, 6.07) is 0. The van der Waals surface area contributed by atoms with Crippen molar-refractivity contribution in [1.82, 2.24) is 0 Å². The van der Waals surface area contributed by atoms with Crippen molar-refractivity contribution in [2.24, 2.45) is 11.3 Å². The molecule has 2 aliphatic rings. The predicted octanol–water partition coefficient (Wildman–Crippen LogP) is 6.37. The summed E-state index contributed by atoms with van der Waals surface area (Å²) in [6.45, 7) is 18.0. The van der Waals surface area contributed by atoms with Gasteiger partial charge >= 0.3 is 0 Å². The van der Waals surface area contributed by atoms with E-state index in [1.165, 1.54) is 42.4 Å². The van der Waals surface area contributed by atoms with Gasteiger partial charge in [-0.15, -0.1) is 0 Å². The average molecular weight is 270 g/mol. The number of rotatable bonds is 3. The highest BCUT2D eigenvalue weighted by Crippen LogP contribution is 2.62. The molecule has 2 atom stereocenters. The first-order valence-electron chi connectivity index (χ1n) is 8.07. The van der Waals surface area contributed by atoms with Gasteiger partial charge in [0.25, 0.3) is 0 Å². The van der Waals surface area contributed by atoms with Crippen LogP contribution in [0.15, 0.2) is 46.1 Å². The molecule has 0 amide bonds. The molecule has 2 aliphatic carbocycles. The minimum absolute atomic E-state index is 0.127. The second-order valence-electron chi connectivity index (χ2n) is 6.99. The monoisotopic (exact) mass is 270 g/mol. The van der Waals surface area contributed by atoms with Crippen LogP contribution in [0.5, 0.6) is 0 Å². The van der Waals surface area contributed by atoms with Crippen LogP contribution in [0, 0.1) is 11.3 Å². The van der Waals surface area contributed by atoms with Gasteiger partial charge in [-0.05, 0) is 59.0 Å². The molecule has 0 heteroatoms. The number of allylic oxidation sites excluding steroid dienone is 7. The van der Waals surface area contributed by atoms with Crippen molar-refractivity contribution in [3.8, 4) is 0 Å². The minimum atomic E-state index is 0.127. The van der Waals surface area contributed by atoms with Crippen molar-refractivity contribution in [3.63, 3.8) is 0 Å². The fourth-order valence-corrected chi connectivity index (χ4v) is 4.03. The first-order valence-corrected chi connectivity index (χ1v) is 8.07. The van der Waals surface area contributed by atoms with E-state index in [0.29, 0.717) is 0 Å². The Morgan fingerprint density at radius 2 is 1.90 bits per heavy atom. The third kappa shape index (κ3) is 2.34. The molecule has 0 bridgehead atoms. The molecule has 0 aromatic carbocycles. The van der Waals surface area contributed by atoms with Crippen molar-refractivity contribution in [1.29, 1.82) is 0 Å². The van der Waals surface area contributed by atoms with Gasteiger partial charge in [0.2, 0.25) is 0 Å². The van der Waals surface area contributed by atoms with Crippen molar-refractivity contribution < 1.29 is 0 Å². The van der Waals surface area contributed by atoms with Gasteiger partial charge in [-0.25, -0.2) is 0 Å². The van der Waals surface area contributed by atoms with E-state index in [2.05, 4.69) is 54.2 Å². The molecule has 0 radical (unpaired) electrons. The van der Waals surface area contributed by atoms with E-state index in [1.54, 1.807) is 16.7 Å². The summed E-state index contributed by atoms with van der Waals surface area (Å²) in [6.07, 6.45) is 7.63. The zero-order valence-electron chi connectivity index (χ0n) is 14.2. The van der Waals surface area contributed by atoms with E-state index in [0.717, 1.165) is 5.92 Å². The normalized spacial score (nSPS) is 30.3. The maximum Gasteiger partial charge on any atom is 0.0515 e. The minimum Gasteiger partial charge on any atom is -0.0986 e. The van der Waals surface area contributed by atoms with Crippen molar-refractivity contribution in [2.45, 2.75) is 67.2 Å². The first-order chi connectivity index (χ1) is 9.34. The molecule has 0 aromatic heterocycles. The fourth-order valence-electron chi connectivity index (χ4n) is 4.03. The van der Waals surface area contributed by atoms with Crippen LogP contribution >= 0.6 is 0 Å². The molecule has 0 aliphatic heterocycles. The van der Waals surface area contributed by atoms with E-state index in [1.807, 2.05) is 0 Å². The molecule has 0 spiro atoms. The predicted molar refractivity (Wildman–Crippen MR) is 89.7 cm³/mol. The van der Waals surface area contributed by atoms with Crippen LogP contribution < -0.4 is 0 Å². The van der Waals surface area contributed by atoms with Crippen molar-refractivity contribution >= 4 is 0 Å². The first kappa shape index (κ1) is 15.4. The highest BCUT2D eigenvalue weighted by Gasteiger charge is 2.49. The Morgan fingerprint density at radius 1 is 1.25 bits per heavy atom. The smallest absolute Gasteiger partial charge is 0.0515 e. The lowest BCUT2D eigenvalue weighted by molar-refractivity contribution is 0.466. The van der Waals surface area contributed by atoms with E-state index in [-0.39, 0.29) is 5.41 Å². The van der Waals surface area contributed by atoms with Gasteiger partial charge in [-0.1, -0.05) is 60.3 Å². The van der Waals surface area contributed by atoms with Crippen LogP contribution in [0.3, 0.4) is 0 Å². The largest absolute Gasteiger partial charge is 0.0986 e. The fraction of sp³-hybridized carbons (Fsp3) is 0.600. The van der Waals surface area contributed by atoms with Crippen molar-refractivity contribution in [2.75, 3.05) is 0 Å². The summed E-state index contributed by atoms with van der Waals surface area (Å²) in [7, 11) is 0. The molecule has 0 N–H and O–H groups in total. The SMILES string of the molecule is C=C(C)C12C=C(C)C(C)=C(C)CC(CCC)CC1=C2C. The molecule has 0 saturated carbocycles. The highest BCUT2D eigenvalue weighted by molar-refractivity contribution is 5.62. The maximum absolute atomic E-state index is 4.29. The van der Waals surface area contributed by atoms with Crippen molar-refractivity contribution in [3.05, 3.63) is 46.1 Å². The molecular formula is C20H30. The summed E-state index contributed by atoms with van der Waals surface area (Å²) in [5.41, 5.74) is 9.16. The highest BCUT2D eigenvalue weighted by atomic mass is 14.5. The number of fused-ring (bicyclic) bond motifs is 1. The molecule has 0 heterocycles. The van der Waals surface area contributed by atoms with Crippen LogP contribution in [-0.4, -0.2) is 0 Å². The average Bonchev–Trinajstić information content (AvgIpc) is 2.92. The third-order valence-electron chi connectivity index (χ3n) is 5.58. The quantitative estimate of drug-likeness (QED) is 0.522. The van der Waals surface area contributed by atoms with E-state index >= 15 is 0 Å². The Bertz CT molecular complexity index is 524.